The monoisotopic (exact) mass is 450 g/mol. The maximum atomic E-state index is 9.71. The van der Waals surface area contributed by atoms with Crippen molar-refractivity contribution in [1.82, 2.24) is 0 Å². The number of allylic oxidation sites excluding steroid dienone is 10. The molecule has 0 spiro atoms. The number of nitriles is 4. The van der Waals surface area contributed by atoms with E-state index in [1.807, 2.05) is 24.3 Å². The second-order valence-corrected chi connectivity index (χ2v) is 6.83. The summed E-state index contributed by atoms with van der Waals surface area (Å²) in [4.78, 5) is 3.26. The Morgan fingerprint density at radius 1 is 0.829 bits per heavy atom. The molecule has 0 aromatic heterocycles. The molecule has 0 aliphatic heterocycles. The van der Waals surface area contributed by atoms with Gasteiger partial charge in [-0.15, -0.1) is 0 Å². The summed E-state index contributed by atoms with van der Waals surface area (Å²) in [6.07, 6.45) is 8.74. The van der Waals surface area contributed by atoms with Crippen LogP contribution in [0.2, 0.25) is 0 Å². The van der Waals surface area contributed by atoms with Crippen molar-refractivity contribution < 1.29 is 0 Å². The molecule has 6 heteroatoms. The summed E-state index contributed by atoms with van der Waals surface area (Å²) in [5.41, 5.74) is 2.09. The fourth-order valence-electron chi connectivity index (χ4n) is 3.20. The first kappa shape index (κ1) is 25.5. The van der Waals surface area contributed by atoms with E-state index in [0.717, 1.165) is 6.21 Å². The van der Waals surface area contributed by atoms with E-state index in [0.29, 0.717) is 16.7 Å². The van der Waals surface area contributed by atoms with Crippen LogP contribution in [-0.4, -0.2) is 6.21 Å². The Morgan fingerprint density at radius 3 is 1.94 bits per heavy atom. The fourth-order valence-corrected chi connectivity index (χ4v) is 3.20. The van der Waals surface area contributed by atoms with Crippen LogP contribution in [0.1, 0.15) is 11.1 Å². The summed E-state index contributed by atoms with van der Waals surface area (Å²) < 4.78 is 0. The molecular weight excluding hydrogens is 432 g/mol. The van der Waals surface area contributed by atoms with Crippen molar-refractivity contribution in [2.75, 3.05) is 0 Å². The molecule has 1 unspecified atom stereocenters. The van der Waals surface area contributed by atoms with E-state index in [9.17, 15) is 21.0 Å². The van der Waals surface area contributed by atoms with Gasteiger partial charge >= 0.3 is 0 Å². The van der Waals surface area contributed by atoms with Gasteiger partial charge in [0, 0.05) is 11.8 Å². The third-order valence-corrected chi connectivity index (χ3v) is 4.77. The van der Waals surface area contributed by atoms with Gasteiger partial charge in [0.1, 0.15) is 5.92 Å². The van der Waals surface area contributed by atoms with Crippen LogP contribution in [0.25, 0.3) is 16.0 Å². The highest BCUT2D eigenvalue weighted by Gasteiger charge is 2.17. The molecule has 6 nitrogen and oxygen atoms in total. The van der Waals surface area contributed by atoms with Gasteiger partial charge in [-0.05, 0) is 28.9 Å². The summed E-state index contributed by atoms with van der Waals surface area (Å²) >= 11 is 0. The second kappa shape index (κ2) is 13.6. The molecule has 0 radical (unpaired) electrons. The Balaban J connectivity index is 2.48. The van der Waals surface area contributed by atoms with Crippen molar-refractivity contribution >= 4 is 17.4 Å². The Hall–Kier alpha value is -5.74. The summed E-state index contributed by atoms with van der Waals surface area (Å²) in [6, 6.07) is 25.7. The molecule has 35 heavy (non-hydrogen) atoms. The van der Waals surface area contributed by atoms with Crippen molar-refractivity contribution in [3.63, 3.8) is 0 Å². The van der Waals surface area contributed by atoms with E-state index in [1.54, 1.807) is 72.8 Å². The molecule has 2 aromatic carbocycles. The minimum atomic E-state index is -0.887. The van der Waals surface area contributed by atoms with Gasteiger partial charge in [-0.3, -0.25) is 0 Å². The van der Waals surface area contributed by atoms with Gasteiger partial charge < -0.3 is 5.41 Å². The normalized spacial score (nSPS) is 13.3. The van der Waals surface area contributed by atoms with Crippen molar-refractivity contribution in [2.24, 2.45) is 5.92 Å². The smallest absolute Gasteiger partial charge is 0.270 e. The van der Waals surface area contributed by atoms with Crippen molar-refractivity contribution in [2.45, 2.75) is 0 Å². The maximum Gasteiger partial charge on any atom is 0.270 e. The van der Waals surface area contributed by atoms with Gasteiger partial charge in [0.2, 0.25) is 0 Å². The van der Waals surface area contributed by atoms with Crippen molar-refractivity contribution in [1.29, 1.82) is 26.5 Å². The third kappa shape index (κ3) is 6.62. The van der Waals surface area contributed by atoms with Crippen LogP contribution in [-0.2, 0) is 0 Å². The van der Waals surface area contributed by atoms with Gasteiger partial charge in [-0.2, -0.15) is 15.8 Å². The van der Waals surface area contributed by atoms with E-state index in [1.165, 1.54) is 12.2 Å². The summed E-state index contributed by atoms with van der Waals surface area (Å²) in [5, 5.41) is 45.8. The van der Waals surface area contributed by atoms with E-state index in [2.05, 4.69) is 10.9 Å². The molecule has 0 aliphatic rings. The lowest BCUT2D eigenvalue weighted by Gasteiger charge is -2.11. The largest absolute Gasteiger partial charge is 0.311 e. The molecule has 2 rings (SSSR count). The van der Waals surface area contributed by atoms with Crippen LogP contribution in [0, 0.1) is 63.2 Å². The van der Waals surface area contributed by atoms with E-state index < -0.39 is 5.92 Å². The van der Waals surface area contributed by atoms with Crippen LogP contribution < -0.4 is 0 Å². The summed E-state index contributed by atoms with van der Waals surface area (Å²) in [6.45, 7) is 7.30. The van der Waals surface area contributed by atoms with Crippen LogP contribution in [0.5, 0.6) is 0 Å². The average molecular weight is 451 g/mol. The molecule has 1 N–H and O–H groups in total. The zero-order valence-electron chi connectivity index (χ0n) is 18.6. The highest BCUT2D eigenvalue weighted by molar-refractivity contribution is 5.89. The predicted molar refractivity (Wildman–Crippen MR) is 134 cm³/mol. The molecule has 0 amide bonds. The van der Waals surface area contributed by atoms with Crippen LogP contribution in [0.4, 0.5) is 0 Å². The molecule has 164 valence electrons. The standard InChI is InChI=1S/C29H18N6/c1-35-27(21-34)29(23-13-7-3-8-14-23)25(18-31)16-10-4-9-15-24(17-30)28(26(19-32)20-33)22-11-5-2-6-12-22/h2-16,19,26,32H/b10-4?,15-9?,25-16+,28-24-,29-27+,32-19?. The van der Waals surface area contributed by atoms with Gasteiger partial charge in [-0.1, -0.05) is 78.9 Å². The highest BCUT2D eigenvalue weighted by atomic mass is 14.7. The topological polar surface area (TPSA) is 123 Å². The maximum absolute atomic E-state index is 9.71. The lowest BCUT2D eigenvalue weighted by Crippen LogP contribution is -2.04. The quantitative estimate of drug-likeness (QED) is 0.223. The summed E-state index contributed by atoms with van der Waals surface area (Å²) in [7, 11) is 0. The Labute approximate surface area is 204 Å². The van der Waals surface area contributed by atoms with Gasteiger partial charge in [0.15, 0.2) is 0 Å². The molecule has 1 atom stereocenters. The molecule has 0 saturated heterocycles. The van der Waals surface area contributed by atoms with Gasteiger partial charge in [0.25, 0.3) is 5.70 Å². The number of benzene rings is 2. The average Bonchev–Trinajstić information content (AvgIpc) is 2.92. The SMILES string of the molecule is [C-]#[N+]/C(C#N)=C(/C(C#N)=C/C=CC=C/C(C#N)=C(\c1ccccc1)C(C#N)C=N)c1ccccc1. The zero-order valence-corrected chi connectivity index (χ0v) is 18.6. The first-order valence-electron chi connectivity index (χ1n) is 10.3. The molecule has 0 fully saturated rings. The molecule has 0 bridgehead atoms. The van der Waals surface area contributed by atoms with Gasteiger partial charge in [0.05, 0.1) is 42.0 Å². The minimum Gasteiger partial charge on any atom is -0.311 e. The van der Waals surface area contributed by atoms with Crippen molar-refractivity contribution in [3.8, 4) is 24.3 Å². The Kier molecular flexibility index (Phi) is 9.93. The van der Waals surface area contributed by atoms with Crippen LogP contribution in [0.15, 0.2) is 108 Å². The van der Waals surface area contributed by atoms with E-state index in [4.69, 9.17) is 12.0 Å². The lowest BCUT2D eigenvalue weighted by atomic mass is 9.90. The number of nitrogens with zero attached hydrogens (tertiary/aromatic N) is 5. The van der Waals surface area contributed by atoms with Gasteiger partial charge in [-0.25, -0.2) is 10.1 Å². The molecular formula is C29H18N6. The van der Waals surface area contributed by atoms with E-state index in [-0.39, 0.29) is 22.4 Å². The molecule has 2 aromatic rings. The number of nitrogens with one attached hydrogen (secondary N) is 1. The zero-order chi connectivity index (χ0) is 25.5. The first-order valence-corrected chi connectivity index (χ1v) is 10.3. The fraction of sp³-hybridized carbons (Fsp3) is 0.0345. The first-order chi connectivity index (χ1) is 17.1. The molecule has 0 heterocycles. The third-order valence-electron chi connectivity index (χ3n) is 4.77. The predicted octanol–water partition coefficient (Wildman–Crippen LogP) is 6.17. The van der Waals surface area contributed by atoms with Crippen LogP contribution >= 0.6 is 0 Å². The highest BCUT2D eigenvalue weighted by Crippen LogP contribution is 2.28. The Morgan fingerprint density at radius 2 is 1.46 bits per heavy atom. The minimum absolute atomic E-state index is 0.141. The number of rotatable bonds is 8. The summed E-state index contributed by atoms with van der Waals surface area (Å²) in [5.74, 6) is -0.887. The Bertz CT molecular complexity index is 1420. The van der Waals surface area contributed by atoms with E-state index >= 15 is 0 Å². The molecule has 0 aliphatic carbocycles. The number of hydrogen-bond donors (Lipinski definition) is 1. The van der Waals surface area contributed by atoms with Crippen molar-refractivity contribution in [3.05, 3.63) is 130 Å². The number of hydrogen-bond acceptors (Lipinski definition) is 5. The molecule has 0 saturated carbocycles. The lowest BCUT2D eigenvalue weighted by molar-refractivity contribution is 1.17. The second-order valence-electron chi connectivity index (χ2n) is 6.83. The van der Waals surface area contributed by atoms with Crippen LogP contribution in [0.3, 0.4) is 0 Å².